The molecule has 0 atom stereocenters. The van der Waals surface area contributed by atoms with Gasteiger partial charge in [0.1, 0.15) is 0 Å². The van der Waals surface area contributed by atoms with Gasteiger partial charge in [-0.3, -0.25) is 4.79 Å². The number of piperidine rings is 1. The van der Waals surface area contributed by atoms with Gasteiger partial charge >= 0.3 is 5.97 Å². The fraction of sp³-hybridized carbons (Fsp3) is 0.478. The van der Waals surface area contributed by atoms with Crippen LogP contribution in [0.1, 0.15) is 58.5 Å². The average molecular weight is 477 g/mol. The van der Waals surface area contributed by atoms with E-state index >= 15 is 0 Å². The van der Waals surface area contributed by atoms with Gasteiger partial charge in [0.2, 0.25) is 10.0 Å². The van der Waals surface area contributed by atoms with Gasteiger partial charge in [-0.05, 0) is 68.7 Å². The Kier molecular flexibility index (Phi) is 6.97. The van der Waals surface area contributed by atoms with Crippen LogP contribution >= 0.6 is 11.3 Å². The molecule has 1 aliphatic heterocycles. The first-order valence-corrected chi connectivity index (χ1v) is 13.4. The number of benzene rings is 1. The molecule has 7 nitrogen and oxygen atoms in total. The smallest absolute Gasteiger partial charge is 0.339 e. The second-order valence-electron chi connectivity index (χ2n) is 8.32. The first-order valence-electron chi connectivity index (χ1n) is 11.0. The molecule has 32 heavy (non-hydrogen) atoms. The molecule has 1 N–H and O–H groups in total. The number of nitrogens with zero attached hydrogens (tertiary/aromatic N) is 1. The average Bonchev–Trinajstić information content (AvgIpc) is 3.24. The predicted octanol–water partition coefficient (Wildman–Crippen LogP) is 3.91. The zero-order valence-corrected chi connectivity index (χ0v) is 19.8. The number of hydrogen-bond donors (Lipinski definition) is 1. The lowest BCUT2D eigenvalue weighted by Crippen LogP contribution is -2.35. The lowest BCUT2D eigenvalue weighted by Gasteiger charge is -2.26. The maximum Gasteiger partial charge on any atom is 0.339 e. The summed E-state index contributed by atoms with van der Waals surface area (Å²) in [5.41, 5.74) is 2.74. The Balaban J connectivity index is 1.40. The van der Waals surface area contributed by atoms with Crippen LogP contribution < -0.4 is 5.32 Å². The van der Waals surface area contributed by atoms with Gasteiger partial charge in [0.05, 0.1) is 10.5 Å². The molecule has 0 unspecified atom stereocenters. The minimum absolute atomic E-state index is 0.155. The van der Waals surface area contributed by atoms with E-state index in [2.05, 4.69) is 5.32 Å². The number of rotatable bonds is 6. The molecule has 1 aromatic carbocycles. The van der Waals surface area contributed by atoms with Crippen LogP contribution in [0.25, 0.3) is 0 Å². The van der Waals surface area contributed by atoms with E-state index in [4.69, 9.17) is 4.74 Å². The largest absolute Gasteiger partial charge is 0.452 e. The van der Waals surface area contributed by atoms with Crippen molar-refractivity contribution in [2.45, 2.75) is 56.8 Å². The lowest BCUT2D eigenvalue weighted by molar-refractivity contribution is -0.119. The van der Waals surface area contributed by atoms with E-state index in [0.29, 0.717) is 24.3 Å². The molecular weight excluding hydrogens is 448 g/mol. The van der Waals surface area contributed by atoms with Gasteiger partial charge in [0.15, 0.2) is 6.61 Å². The van der Waals surface area contributed by atoms with E-state index in [9.17, 15) is 18.0 Å². The van der Waals surface area contributed by atoms with Crippen LogP contribution in [0.15, 0.2) is 28.5 Å². The van der Waals surface area contributed by atoms with Crippen molar-refractivity contribution in [2.24, 2.45) is 0 Å². The molecule has 1 aromatic heterocycles. The Morgan fingerprint density at radius 3 is 2.62 bits per heavy atom. The summed E-state index contributed by atoms with van der Waals surface area (Å²) in [5.74, 6) is -0.990. The third kappa shape index (κ3) is 4.89. The third-order valence-electron chi connectivity index (χ3n) is 6.05. The lowest BCUT2D eigenvalue weighted by atomic mass is 9.96. The van der Waals surface area contributed by atoms with E-state index in [0.717, 1.165) is 56.1 Å². The maximum absolute atomic E-state index is 12.9. The zero-order chi connectivity index (χ0) is 22.7. The molecule has 1 amide bonds. The highest BCUT2D eigenvalue weighted by Gasteiger charge is 2.27. The van der Waals surface area contributed by atoms with Crippen molar-refractivity contribution >= 4 is 38.9 Å². The van der Waals surface area contributed by atoms with Crippen molar-refractivity contribution in [1.82, 2.24) is 4.31 Å². The highest BCUT2D eigenvalue weighted by atomic mass is 32.2. The summed E-state index contributed by atoms with van der Waals surface area (Å²) in [5, 5.41) is 4.51. The third-order valence-corrected chi connectivity index (χ3v) is 9.03. The van der Waals surface area contributed by atoms with Crippen LogP contribution in [-0.4, -0.2) is 44.3 Å². The molecule has 172 valence electrons. The standard InChI is InChI=1S/C23H28N2O5S2/c1-16-9-10-17(32(28,29)25-11-5-2-6-12-25)13-20(16)24-22(26)14-30-23(27)19-15-31-21-8-4-3-7-18(19)21/h9-10,13,15H,2-8,11-12,14H2,1H3,(H,24,26). The monoisotopic (exact) mass is 476 g/mol. The Morgan fingerprint density at radius 1 is 1.09 bits per heavy atom. The number of carbonyl (C=O) groups is 2. The number of amides is 1. The molecule has 2 aromatic rings. The van der Waals surface area contributed by atoms with Crippen LogP contribution in [0.5, 0.6) is 0 Å². The van der Waals surface area contributed by atoms with Gasteiger partial charge < -0.3 is 10.1 Å². The second-order valence-corrected chi connectivity index (χ2v) is 11.2. The van der Waals surface area contributed by atoms with Crippen LogP contribution in [0, 0.1) is 6.92 Å². The second kappa shape index (κ2) is 9.72. The molecular formula is C23H28N2O5S2. The molecule has 4 rings (SSSR count). The molecule has 0 bridgehead atoms. The molecule has 0 radical (unpaired) electrons. The number of hydrogen-bond acceptors (Lipinski definition) is 6. The highest BCUT2D eigenvalue weighted by Crippen LogP contribution is 2.30. The normalized spacial score (nSPS) is 16.9. The number of esters is 1. The number of aryl methyl sites for hydroxylation is 2. The van der Waals surface area contributed by atoms with Gasteiger partial charge in [-0.15, -0.1) is 11.3 Å². The topological polar surface area (TPSA) is 92.8 Å². The van der Waals surface area contributed by atoms with Gasteiger partial charge in [0, 0.05) is 29.0 Å². The highest BCUT2D eigenvalue weighted by molar-refractivity contribution is 7.89. The van der Waals surface area contributed by atoms with Crippen molar-refractivity contribution < 1.29 is 22.7 Å². The molecule has 2 heterocycles. The Bertz CT molecular complexity index is 1120. The number of fused-ring (bicyclic) bond motifs is 1. The number of thiophene rings is 1. The van der Waals surface area contributed by atoms with Gasteiger partial charge in [-0.2, -0.15) is 4.31 Å². The number of ether oxygens (including phenoxy) is 1. The Hall–Kier alpha value is -2.23. The zero-order valence-electron chi connectivity index (χ0n) is 18.2. The van der Waals surface area contributed by atoms with Crippen LogP contribution in [0.3, 0.4) is 0 Å². The van der Waals surface area contributed by atoms with Crippen molar-refractivity contribution in [2.75, 3.05) is 25.0 Å². The number of carbonyl (C=O) groups excluding carboxylic acids is 2. The minimum Gasteiger partial charge on any atom is -0.452 e. The molecule has 0 spiro atoms. The Labute approximate surface area is 192 Å². The number of anilines is 1. The summed E-state index contributed by atoms with van der Waals surface area (Å²) in [6.07, 6.45) is 6.79. The van der Waals surface area contributed by atoms with Gasteiger partial charge in [-0.25, -0.2) is 13.2 Å². The summed E-state index contributed by atoms with van der Waals surface area (Å²) in [6.45, 7) is 2.39. The van der Waals surface area contributed by atoms with E-state index in [-0.39, 0.29) is 4.90 Å². The number of sulfonamides is 1. The molecule has 1 fully saturated rings. The van der Waals surface area contributed by atoms with Crippen molar-refractivity contribution in [3.05, 3.63) is 45.1 Å². The fourth-order valence-corrected chi connectivity index (χ4v) is 6.87. The summed E-state index contributed by atoms with van der Waals surface area (Å²) >= 11 is 1.57. The van der Waals surface area contributed by atoms with E-state index in [1.807, 2.05) is 5.38 Å². The molecule has 2 aliphatic rings. The number of nitrogens with one attached hydrogen (secondary N) is 1. The van der Waals surface area contributed by atoms with Crippen molar-refractivity contribution in [3.63, 3.8) is 0 Å². The molecule has 0 saturated carbocycles. The predicted molar refractivity (Wildman–Crippen MR) is 124 cm³/mol. The maximum atomic E-state index is 12.9. The van der Waals surface area contributed by atoms with Crippen molar-refractivity contribution in [1.29, 1.82) is 0 Å². The summed E-state index contributed by atoms with van der Waals surface area (Å²) in [7, 11) is -3.60. The summed E-state index contributed by atoms with van der Waals surface area (Å²) in [6, 6.07) is 4.72. The first kappa shape index (κ1) is 22.9. The quantitative estimate of drug-likeness (QED) is 0.638. The van der Waals surface area contributed by atoms with E-state index < -0.39 is 28.5 Å². The summed E-state index contributed by atoms with van der Waals surface area (Å²) < 4.78 is 32.6. The van der Waals surface area contributed by atoms with Gasteiger partial charge in [-0.1, -0.05) is 12.5 Å². The van der Waals surface area contributed by atoms with E-state index in [1.54, 1.807) is 30.4 Å². The fourth-order valence-electron chi connectivity index (χ4n) is 4.21. The van der Waals surface area contributed by atoms with Gasteiger partial charge in [0.25, 0.3) is 5.91 Å². The van der Waals surface area contributed by atoms with Crippen LogP contribution in [0.2, 0.25) is 0 Å². The van der Waals surface area contributed by atoms with Crippen LogP contribution in [0.4, 0.5) is 5.69 Å². The van der Waals surface area contributed by atoms with E-state index in [1.165, 1.54) is 15.2 Å². The summed E-state index contributed by atoms with van der Waals surface area (Å²) in [4.78, 5) is 26.3. The SMILES string of the molecule is Cc1ccc(S(=O)(=O)N2CCCCC2)cc1NC(=O)COC(=O)c1csc2c1CCCC2. The molecule has 1 aliphatic carbocycles. The molecule has 9 heteroatoms. The van der Waals surface area contributed by atoms with Crippen LogP contribution in [-0.2, 0) is 32.4 Å². The first-order chi connectivity index (χ1) is 15.4. The van der Waals surface area contributed by atoms with Crippen molar-refractivity contribution in [3.8, 4) is 0 Å². The minimum atomic E-state index is -3.60. The molecule has 1 saturated heterocycles. The Morgan fingerprint density at radius 2 is 1.84 bits per heavy atom.